The third-order valence-corrected chi connectivity index (χ3v) is 3.67. The molecule has 0 saturated carbocycles. The van der Waals surface area contributed by atoms with Crippen molar-refractivity contribution in [3.63, 3.8) is 0 Å². The van der Waals surface area contributed by atoms with E-state index in [1.54, 1.807) is 12.1 Å². The van der Waals surface area contributed by atoms with Gasteiger partial charge in [0.05, 0.1) is 4.47 Å². The summed E-state index contributed by atoms with van der Waals surface area (Å²) in [4.78, 5) is 13.8. The van der Waals surface area contributed by atoms with Crippen molar-refractivity contribution in [3.05, 3.63) is 22.7 Å². The van der Waals surface area contributed by atoms with Gasteiger partial charge in [0, 0.05) is 24.8 Å². The largest absolute Gasteiger partial charge is 0.483 e. The van der Waals surface area contributed by atoms with Crippen molar-refractivity contribution < 1.29 is 9.53 Å². The number of likely N-dealkylation sites (tertiary alicyclic amines) is 1. The van der Waals surface area contributed by atoms with Crippen LogP contribution in [0, 0.1) is 0 Å². The molecular weight excluding hydrogens is 296 g/mol. The van der Waals surface area contributed by atoms with Crippen LogP contribution in [0.25, 0.3) is 0 Å². The molecule has 18 heavy (non-hydrogen) atoms. The summed E-state index contributed by atoms with van der Waals surface area (Å²) in [6.07, 6.45) is 3.40. The number of carbonyl (C=O) groups is 1. The van der Waals surface area contributed by atoms with E-state index in [4.69, 9.17) is 10.5 Å². The highest BCUT2D eigenvalue weighted by atomic mass is 79.9. The smallest absolute Gasteiger partial charge is 0.260 e. The molecule has 1 amide bonds. The zero-order chi connectivity index (χ0) is 13.0. The third kappa shape index (κ3) is 3.38. The molecule has 98 valence electrons. The molecule has 4 nitrogen and oxygen atoms in total. The summed E-state index contributed by atoms with van der Waals surface area (Å²) >= 11 is 3.37. The predicted molar refractivity (Wildman–Crippen MR) is 74.5 cm³/mol. The zero-order valence-corrected chi connectivity index (χ0v) is 11.8. The molecule has 1 aromatic rings. The number of nitrogen functional groups attached to an aromatic ring is 1. The van der Waals surface area contributed by atoms with Gasteiger partial charge in [-0.2, -0.15) is 0 Å². The number of carbonyl (C=O) groups excluding carboxylic acids is 1. The summed E-state index contributed by atoms with van der Waals surface area (Å²) < 4.78 is 6.32. The van der Waals surface area contributed by atoms with Crippen LogP contribution in [0.4, 0.5) is 5.69 Å². The molecule has 1 aliphatic rings. The van der Waals surface area contributed by atoms with E-state index in [2.05, 4.69) is 15.9 Å². The molecule has 0 spiro atoms. The second-order valence-electron chi connectivity index (χ2n) is 4.42. The standard InChI is InChI=1S/C13H17BrN2O2/c14-11-5-4-10(15)8-12(11)18-9-13(17)16-6-2-1-3-7-16/h4-5,8H,1-3,6-7,9,15H2. The summed E-state index contributed by atoms with van der Waals surface area (Å²) in [5.74, 6) is 0.657. The number of hydrogen-bond acceptors (Lipinski definition) is 3. The lowest BCUT2D eigenvalue weighted by molar-refractivity contribution is -0.134. The highest BCUT2D eigenvalue weighted by molar-refractivity contribution is 9.10. The van der Waals surface area contributed by atoms with Crippen LogP contribution in [-0.4, -0.2) is 30.5 Å². The van der Waals surface area contributed by atoms with Crippen LogP contribution in [0.2, 0.25) is 0 Å². The summed E-state index contributed by atoms with van der Waals surface area (Å²) in [7, 11) is 0. The minimum absolute atomic E-state index is 0.0454. The average Bonchev–Trinajstić information content (AvgIpc) is 2.40. The van der Waals surface area contributed by atoms with E-state index in [0.29, 0.717) is 11.4 Å². The Hall–Kier alpha value is -1.23. The van der Waals surface area contributed by atoms with E-state index in [1.807, 2.05) is 11.0 Å². The van der Waals surface area contributed by atoms with Crippen molar-refractivity contribution in [1.82, 2.24) is 4.90 Å². The molecule has 1 aromatic carbocycles. The number of hydrogen-bond donors (Lipinski definition) is 1. The Kier molecular flexibility index (Phi) is 4.47. The van der Waals surface area contributed by atoms with Crippen LogP contribution in [0.5, 0.6) is 5.75 Å². The average molecular weight is 313 g/mol. The first-order valence-corrected chi connectivity index (χ1v) is 6.92. The van der Waals surface area contributed by atoms with Crippen LogP contribution in [0.1, 0.15) is 19.3 Å². The van der Waals surface area contributed by atoms with Gasteiger partial charge in [-0.1, -0.05) is 0 Å². The molecule has 1 heterocycles. The van der Waals surface area contributed by atoms with Crippen LogP contribution in [0.3, 0.4) is 0 Å². The Labute approximate surface area is 115 Å². The van der Waals surface area contributed by atoms with E-state index in [1.165, 1.54) is 6.42 Å². The second kappa shape index (κ2) is 6.09. The number of nitrogens with two attached hydrogens (primary N) is 1. The van der Waals surface area contributed by atoms with Gasteiger partial charge in [0.15, 0.2) is 6.61 Å². The maximum Gasteiger partial charge on any atom is 0.260 e. The molecule has 0 unspecified atom stereocenters. The molecule has 0 aromatic heterocycles. The first-order valence-electron chi connectivity index (χ1n) is 6.12. The van der Waals surface area contributed by atoms with Gasteiger partial charge in [-0.25, -0.2) is 0 Å². The fourth-order valence-corrected chi connectivity index (χ4v) is 2.37. The summed E-state index contributed by atoms with van der Waals surface area (Å²) in [6.45, 7) is 1.77. The quantitative estimate of drug-likeness (QED) is 0.872. The fourth-order valence-electron chi connectivity index (χ4n) is 2.00. The maximum atomic E-state index is 11.9. The minimum Gasteiger partial charge on any atom is -0.483 e. The number of nitrogens with zero attached hydrogens (tertiary/aromatic N) is 1. The second-order valence-corrected chi connectivity index (χ2v) is 5.27. The normalized spacial score (nSPS) is 15.5. The van der Waals surface area contributed by atoms with Crippen molar-refractivity contribution in [2.45, 2.75) is 19.3 Å². The Morgan fingerprint density at radius 3 is 2.78 bits per heavy atom. The SMILES string of the molecule is Nc1ccc(Br)c(OCC(=O)N2CCCCC2)c1. The number of anilines is 1. The Bertz CT molecular complexity index is 431. The number of rotatable bonds is 3. The fraction of sp³-hybridized carbons (Fsp3) is 0.462. The maximum absolute atomic E-state index is 11.9. The zero-order valence-electron chi connectivity index (χ0n) is 10.2. The van der Waals surface area contributed by atoms with E-state index >= 15 is 0 Å². The molecule has 1 aliphatic heterocycles. The highest BCUT2D eigenvalue weighted by Gasteiger charge is 2.17. The lowest BCUT2D eigenvalue weighted by atomic mass is 10.1. The number of benzene rings is 1. The number of ether oxygens (including phenoxy) is 1. The lowest BCUT2D eigenvalue weighted by Gasteiger charge is -2.26. The van der Waals surface area contributed by atoms with E-state index in [9.17, 15) is 4.79 Å². The topological polar surface area (TPSA) is 55.6 Å². The van der Waals surface area contributed by atoms with Crippen LogP contribution in [0.15, 0.2) is 22.7 Å². The number of halogens is 1. The molecule has 5 heteroatoms. The summed E-state index contributed by atoms with van der Waals surface area (Å²) in [6, 6.07) is 5.31. The molecule has 0 radical (unpaired) electrons. The molecule has 0 atom stereocenters. The van der Waals surface area contributed by atoms with E-state index in [-0.39, 0.29) is 12.5 Å². The molecular formula is C13H17BrN2O2. The van der Waals surface area contributed by atoms with Gasteiger partial charge < -0.3 is 15.4 Å². The van der Waals surface area contributed by atoms with Crippen molar-refractivity contribution >= 4 is 27.5 Å². The van der Waals surface area contributed by atoms with Gasteiger partial charge in [0.2, 0.25) is 0 Å². The summed E-state index contributed by atoms with van der Waals surface area (Å²) in [5, 5.41) is 0. The Morgan fingerprint density at radius 2 is 2.06 bits per heavy atom. The molecule has 0 bridgehead atoms. The predicted octanol–water partition coefficient (Wildman–Crippen LogP) is 2.42. The first kappa shape index (κ1) is 13.2. The van der Waals surface area contributed by atoms with Crippen molar-refractivity contribution in [2.75, 3.05) is 25.4 Å². The third-order valence-electron chi connectivity index (χ3n) is 3.02. The van der Waals surface area contributed by atoms with Gasteiger partial charge in [0.1, 0.15) is 5.75 Å². The van der Waals surface area contributed by atoms with Gasteiger partial charge >= 0.3 is 0 Å². The van der Waals surface area contributed by atoms with Crippen molar-refractivity contribution in [3.8, 4) is 5.75 Å². The van der Waals surface area contributed by atoms with Gasteiger partial charge in [-0.3, -0.25) is 4.79 Å². The monoisotopic (exact) mass is 312 g/mol. The summed E-state index contributed by atoms with van der Waals surface area (Å²) in [5.41, 5.74) is 6.30. The highest BCUT2D eigenvalue weighted by Crippen LogP contribution is 2.27. The molecule has 2 rings (SSSR count). The Morgan fingerprint density at radius 1 is 1.33 bits per heavy atom. The molecule has 2 N–H and O–H groups in total. The lowest BCUT2D eigenvalue weighted by Crippen LogP contribution is -2.38. The van der Waals surface area contributed by atoms with Gasteiger partial charge in [-0.15, -0.1) is 0 Å². The van der Waals surface area contributed by atoms with Crippen molar-refractivity contribution in [1.29, 1.82) is 0 Å². The van der Waals surface area contributed by atoms with E-state index in [0.717, 1.165) is 30.4 Å². The number of piperidine rings is 1. The van der Waals surface area contributed by atoms with Gasteiger partial charge in [0.25, 0.3) is 5.91 Å². The molecule has 0 aliphatic carbocycles. The molecule has 1 fully saturated rings. The first-order chi connectivity index (χ1) is 8.66. The van der Waals surface area contributed by atoms with Crippen LogP contribution in [-0.2, 0) is 4.79 Å². The molecule has 1 saturated heterocycles. The van der Waals surface area contributed by atoms with Gasteiger partial charge in [-0.05, 0) is 47.3 Å². The van der Waals surface area contributed by atoms with Crippen LogP contribution < -0.4 is 10.5 Å². The van der Waals surface area contributed by atoms with Crippen LogP contribution >= 0.6 is 15.9 Å². The minimum atomic E-state index is 0.0454. The Balaban J connectivity index is 1.90. The number of amides is 1. The van der Waals surface area contributed by atoms with E-state index < -0.39 is 0 Å². The van der Waals surface area contributed by atoms with Crippen molar-refractivity contribution in [2.24, 2.45) is 0 Å².